The Morgan fingerprint density at radius 3 is 2.13 bits per heavy atom. The second-order valence-electron chi connectivity index (χ2n) is 16.8. The van der Waals surface area contributed by atoms with Crippen molar-refractivity contribution in [3.63, 3.8) is 0 Å². The van der Waals surface area contributed by atoms with Crippen LogP contribution in [-0.2, 0) is 63.5 Å². The standard InChI is InChI=1S/C50H53N4O7.Y/c1-31(2)14-15-58-16-17-59-39-20-33(29-60-46-25-42-40(18-32(46)3)49(55)53-37(27-51-42)22-35-10-6-8-12-43(35)53)19-34(21-39)30-61-48-26-45-41(24-47(48)57-5)50(56)54-38(28-52(45)4)23-36-11-7-9-13-44(36)54;/h6-13,18-21,24-26,28,31,37-38,51H,14-17,22-23,27,29-30H2,1-5H3;/q-1;/t37-,38-;/m0./s1. The normalized spacial score (nSPS) is 17.1. The molecule has 0 fully saturated rings. The Morgan fingerprint density at radius 2 is 1.40 bits per heavy atom. The first-order chi connectivity index (χ1) is 29.6. The molecule has 1 N–H and O–H groups in total. The number of benzene rings is 5. The van der Waals surface area contributed by atoms with Crippen LogP contribution in [0.2, 0.25) is 0 Å². The summed E-state index contributed by atoms with van der Waals surface area (Å²) in [7, 11) is 3.56. The van der Waals surface area contributed by atoms with Crippen LogP contribution in [0, 0.1) is 19.4 Å². The van der Waals surface area contributed by atoms with E-state index in [9.17, 15) is 9.59 Å². The zero-order valence-corrected chi connectivity index (χ0v) is 38.9. The topological polar surface area (TPSA) is 102 Å². The maximum atomic E-state index is 14.1. The van der Waals surface area contributed by atoms with Crippen LogP contribution in [0.5, 0.6) is 23.0 Å². The molecule has 5 aromatic carbocycles. The van der Waals surface area contributed by atoms with Crippen LogP contribution in [0.15, 0.2) is 91.0 Å². The molecule has 1 radical (unpaired) electrons. The van der Waals surface area contributed by atoms with Gasteiger partial charge in [0.2, 0.25) is 0 Å². The summed E-state index contributed by atoms with van der Waals surface area (Å²) in [5, 5.41) is 3.55. The van der Waals surface area contributed by atoms with Crippen LogP contribution in [0.1, 0.15) is 68.8 Å². The van der Waals surface area contributed by atoms with Gasteiger partial charge in [-0.25, -0.2) is 6.54 Å². The van der Waals surface area contributed by atoms with Gasteiger partial charge in [-0.2, -0.15) is 0 Å². The Labute approximate surface area is 389 Å². The Hall–Kier alpha value is -5.10. The SMILES string of the molecule is COc1cc2c(cc1OCc1cc(COc3cc4c(cc3C)C(=O)N3c5ccccc5C[C@H]3CN4)cc(OCCOCCC(C)C)c1)N(C)[CH-][C@@H]1Cc3ccccc3N1C2=O.[Y]. The fourth-order valence-electron chi connectivity index (χ4n) is 8.91. The number of likely N-dealkylation sites (N-methyl/N-ethyl adjacent to an activating group) is 1. The smallest absolute Gasteiger partial charge is 0.260 e. The van der Waals surface area contributed by atoms with Crippen LogP contribution >= 0.6 is 0 Å². The Balaban J connectivity index is 0.00000529. The molecule has 4 aliphatic heterocycles. The van der Waals surface area contributed by atoms with E-state index in [1.807, 2.05) is 101 Å². The first-order valence-corrected chi connectivity index (χ1v) is 21.3. The summed E-state index contributed by atoms with van der Waals surface area (Å²) in [4.78, 5) is 33.9. The van der Waals surface area contributed by atoms with E-state index in [0.717, 1.165) is 64.3 Å². The third-order valence-corrected chi connectivity index (χ3v) is 12.0. The molecule has 0 spiro atoms. The molecule has 0 aliphatic carbocycles. The molecule has 62 heavy (non-hydrogen) atoms. The summed E-state index contributed by atoms with van der Waals surface area (Å²) in [6.07, 6.45) is 2.57. The van der Waals surface area contributed by atoms with Gasteiger partial charge in [0, 0.05) is 75.1 Å². The van der Waals surface area contributed by atoms with Gasteiger partial charge in [-0.05, 0) is 109 Å². The van der Waals surface area contributed by atoms with E-state index < -0.39 is 0 Å². The second kappa shape index (κ2) is 18.7. The van der Waals surface area contributed by atoms with Gasteiger partial charge < -0.3 is 43.7 Å². The summed E-state index contributed by atoms with van der Waals surface area (Å²) < 4.78 is 30.9. The molecule has 4 heterocycles. The maximum absolute atomic E-state index is 14.1. The third kappa shape index (κ3) is 8.77. The quantitative estimate of drug-likeness (QED) is 0.0866. The van der Waals surface area contributed by atoms with Gasteiger partial charge in [-0.3, -0.25) is 9.59 Å². The number of anilines is 4. The number of carbonyl (C=O) groups is 2. The van der Waals surface area contributed by atoms with Gasteiger partial charge >= 0.3 is 0 Å². The maximum Gasteiger partial charge on any atom is 0.260 e. The number of methoxy groups -OCH3 is 1. The minimum absolute atomic E-state index is 0. The molecule has 12 heteroatoms. The first kappa shape index (κ1) is 43.5. The van der Waals surface area contributed by atoms with E-state index in [4.69, 9.17) is 23.7 Å². The fraction of sp³-hybridized carbons (Fsp3) is 0.340. The van der Waals surface area contributed by atoms with Gasteiger partial charge in [-0.15, -0.1) is 0 Å². The molecule has 11 nitrogen and oxygen atoms in total. The molecule has 5 aromatic rings. The average molecular weight is 911 g/mol. The van der Waals surface area contributed by atoms with Crippen LogP contribution in [0.3, 0.4) is 0 Å². The van der Waals surface area contributed by atoms with Crippen LogP contribution in [0.4, 0.5) is 22.7 Å². The molecule has 4 aliphatic rings. The van der Waals surface area contributed by atoms with Gasteiger partial charge in [0.05, 0.1) is 36.6 Å². The second-order valence-corrected chi connectivity index (χ2v) is 16.8. The molecule has 0 aromatic heterocycles. The van der Waals surface area contributed by atoms with Crippen molar-refractivity contribution < 1.29 is 66.0 Å². The molecule has 2 atom stereocenters. The van der Waals surface area contributed by atoms with Crippen molar-refractivity contribution in [3.05, 3.63) is 136 Å². The zero-order chi connectivity index (χ0) is 42.2. The molecule has 0 bridgehead atoms. The number of nitrogens with one attached hydrogen (secondary N) is 1. The Bertz CT molecular complexity index is 2470. The number of carbonyl (C=O) groups excluding carboxylic acids is 2. The molecule has 0 saturated carbocycles. The molecule has 9 rings (SSSR count). The van der Waals surface area contributed by atoms with Gasteiger partial charge in [0.15, 0.2) is 11.5 Å². The van der Waals surface area contributed by atoms with E-state index in [1.54, 1.807) is 13.2 Å². The summed E-state index contributed by atoms with van der Waals surface area (Å²) in [5.74, 6) is 2.85. The zero-order valence-electron chi connectivity index (χ0n) is 36.1. The van der Waals surface area contributed by atoms with Crippen molar-refractivity contribution >= 4 is 34.6 Å². The van der Waals surface area contributed by atoms with Crippen molar-refractivity contribution in [1.29, 1.82) is 0 Å². The molecular formula is C50H53N4O7Y-. The summed E-state index contributed by atoms with van der Waals surface area (Å²) in [6, 6.07) is 29.7. The van der Waals surface area contributed by atoms with E-state index in [2.05, 4.69) is 37.8 Å². The van der Waals surface area contributed by atoms with Gasteiger partial charge in [0.1, 0.15) is 31.3 Å². The summed E-state index contributed by atoms with van der Waals surface area (Å²) >= 11 is 0. The van der Waals surface area contributed by atoms with E-state index in [0.29, 0.717) is 66.4 Å². The van der Waals surface area contributed by atoms with Gasteiger partial charge in [-0.1, -0.05) is 56.3 Å². The number of rotatable bonds is 14. The van der Waals surface area contributed by atoms with E-state index in [1.165, 1.54) is 5.56 Å². The number of hydrogen-bond acceptors (Lipinski definition) is 9. The Morgan fingerprint density at radius 1 is 0.726 bits per heavy atom. The van der Waals surface area contributed by atoms with Crippen LogP contribution in [-0.4, -0.2) is 64.4 Å². The number of nitrogens with zero attached hydrogens (tertiary/aromatic N) is 3. The number of fused-ring (bicyclic) bond motifs is 8. The molecule has 0 unspecified atom stereocenters. The van der Waals surface area contributed by atoms with Gasteiger partial charge in [0.25, 0.3) is 11.8 Å². The molecule has 319 valence electrons. The average Bonchev–Trinajstić information content (AvgIpc) is 3.76. The minimum atomic E-state index is -0.0918. The van der Waals surface area contributed by atoms with E-state index >= 15 is 0 Å². The Kier molecular flexibility index (Phi) is 13.1. The fourth-order valence-corrected chi connectivity index (χ4v) is 8.91. The predicted octanol–water partition coefficient (Wildman–Crippen LogP) is 8.78. The number of para-hydroxylation sites is 2. The summed E-state index contributed by atoms with van der Waals surface area (Å²) in [5.41, 5.74) is 9.61. The molecular weight excluding hydrogens is 857 g/mol. The van der Waals surface area contributed by atoms with Crippen LogP contribution in [0.25, 0.3) is 0 Å². The third-order valence-electron chi connectivity index (χ3n) is 12.0. The number of amides is 2. The number of ether oxygens (including phenoxy) is 5. The van der Waals surface area contributed by atoms with Crippen molar-refractivity contribution in [2.45, 2.75) is 65.3 Å². The molecule has 0 saturated heterocycles. The summed E-state index contributed by atoms with van der Waals surface area (Å²) in [6.45, 7) is 11.1. The van der Waals surface area contributed by atoms with Crippen molar-refractivity contribution in [2.24, 2.45) is 5.92 Å². The van der Waals surface area contributed by atoms with E-state index in [-0.39, 0.29) is 69.8 Å². The van der Waals surface area contributed by atoms with Crippen LogP contribution < -0.4 is 39.0 Å². The van der Waals surface area contributed by atoms with Crippen molar-refractivity contribution in [2.75, 3.05) is 60.5 Å². The number of aryl methyl sites for hydroxylation is 1. The van der Waals surface area contributed by atoms with Crippen molar-refractivity contribution in [1.82, 2.24) is 0 Å². The number of hydrogen-bond donors (Lipinski definition) is 1. The van der Waals surface area contributed by atoms with Crippen molar-refractivity contribution in [3.8, 4) is 23.0 Å². The molecule has 2 amide bonds. The largest absolute Gasteiger partial charge is 0.522 e. The first-order valence-electron chi connectivity index (χ1n) is 21.3. The predicted molar refractivity (Wildman–Crippen MR) is 238 cm³/mol. The minimum Gasteiger partial charge on any atom is -0.522 e. The monoisotopic (exact) mass is 910 g/mol.